The third-order valence-electron chi connectivity index (χ3n) is 5.33. The molecule has 0 aliphatic heterocycles. The van der Waals surface area contributed by atoms with Crippen molar-refractivity contribution in [2.75, 3.05) is 12.3 Å². The molecule has 0 aliphatic rings. The molecule has 0 aromatic carbocycles. The maximum absolute atomic E-state index is 4.54. The first-order valence-electron chi connectivity index (χ1n) is 11.7. The Kier molecular flexibility index (Phi) is 15.7. The minimum atomic E-state index is 0.0243. The van der Waals surface area contributed by atoms with E-state index in [0.29, 0.717) is 0 Å². The SMILES string of the molecule is CCCCCCCCP(CCCCCCCC)/C(=C/c1ccccn1)CC. The largest absolute Gasteiger partial charge is 0.257 e. The van der Waals surface area contributed by atoms with Crippen LogP contribution in [0.5, 0.6) is 0 Å². The van der Waals surface area contributed by atoms with Gasteiger partial charge in [-0.05, 0) is 55.1 Å². The number of unbranched alkanes of at least 4 members (excludes halogenated alkanes) is 10. The Morgan fingerprint density at radius 1 is 0.778 bits per heavy atom. The lowest BCUT2D eigenvalue weighted by atomic mass is 10.1. The van der Waals surface area contributed by atoms with Gasteiger partial charge in [-0.2, -0.15) is 0 Å². The van der Waals surface area contributed by atoms with E-state index in [9.17, 15) is 0 Å². The van der Waals surface area contributed by atoms with Gasteiger partial charge in [0.1, 0.15) is 0 Å². The summed E-state index contributed by atoms with van der Waals surface area (Å²) in [6.07, 6.45) is 25.3. The first-order chi connectivity index (χ1) is 13.3. The molecule has 0 radical (unpaired) electrons. The van der Waals surface area contributed by atoms with Gasteiger partial charge in [0.2, 0.25) is 0 Å². The standard InChI is InChI=1S/C25H44NP/c1-4-7-9-11-13-17-21-27(22-18-14-12-10-8-5-2)25(6-3)23-24-19-15-16-20-26-24/h15-16,19-20,23H,4-14,17-18,21-22H2,1-3H3/b25-23+. The van der Waals surface area contributed by atoms with E-state index in [0.717, 1.165) is 5.69 Å². The lowest BCUT2D eigenvalue weighted by molar-refractivity contribution is 0.622. The molecule has 0 amide bonds. The van der Waals surface area contributed by atoms with Crippen molar-refractivity contribution >= 4 is 14.0 Å². The summed E-state index contributed by atoms with van der Waals surface area (Å²) >= 11 is 0. The van der Waals surface area contributed by atoms with Crippen LogP contribution in [-0.2, 0) is 0 Å². The molecule has 1 aromatic rings. The van der Waals surface area contributed by atoms with Crippen LogP contribution in [0, 0.1) is 0 Å². The van der Waals surface area contributed by atoms with Crippen molar-refractivity contribution in [3.63, 3.8) is 0 Å². The molecule has 0 spiro atoms. The van der Waals surface area contributed by atoms with E-state index in [-0.39, 0.29) is 7.92 Å². The summed E-state index contributed by atoms with van der Waals surface area (Å²) in [5.74, 6) is 0. The molecule has 0 saturated heterocycles. The number of aromatic nitrogens is 1. The number of nitrogens with zero attached hydrogens (tertiary/aromatic N) is 1. The monoisotopic (exact) mass is 389 g/mol. The van der Waals surface area contributed by atoms with Gasteiger partial charge in [0, 0.05) is 6.20 Å². The van der Waals surface area contributed by atoms with Crippen LogP contribution in [0.25, 0.3) is 6.08 Å². The Hall–Kier alpha value is -0.680. The van der Waals surface area contributed by atoms with Crippen LogP contribution in [0.4, 0.5) is 0 Å². The minimum absolute atomic E-state index is 0.0243. The van der Waals surface area contributed by atoms with Crippen LogP contribution in [0.15, 0.2) is 29.7 Å². The van der Waals surface area contributed by atoms with Crippen LogP contribution < -0.4 is 0 Å². The predicted molar refractivity (Wildman–Crippen MR) is 126 cm³/mol. The van der Waals surface area contributed by atoms with E-state index in [1.54, 1.807) is 5.31 Å². The van der Waals surface area contributed by atoms with Crippen molar-refractivity contribution in [1.29, 1.82) is 0 Å². The van der Waals surface area contributed by atoms with Gasteiger partial charge in [0.25, 0.3) is 0 Å². The van der Waals surface area contributed by atoms with Crippen LogP contribution in [0.2, 0.25) is 0 Å². The van der Waals surface area contributed by atoms with E-state index >= 15 is 0 Å². The molecule has 1 aromatic heterocycles. The quantitative estimate of drug-likeness (QED) is 0.191. The molecule has 0 bridgehead atoms. The van der Waals surface area contributed by atoms with Crippen molar-refractivity contribution in [1.82, 2.24) is 4.98 Å². The predicted octanol–water partition coefficient (Wildman–Crippen LogP) is 9.04. The van der Waals surface area contributed by atoms with Crippen LogP contribution in [0.3, 0.4) is 0 Å². The molecule has 154 valence electrons. The van der Waals surface area contributed by atoms with Gasteiger partial charge >= 0.3 is 0 Å². The molecular formula is C25H44NP. The maximum Gasteiger partial charge on any atom is 0.0632 e. The Bertz CT molecular complexity index is 452. The number of pyridine rings is 1. The van der Waals surface area contributed by atoms with E-state index in [1.807, 2.05) is 12.3 Å². The Morgan fingerprint density at radius 3 is 1.81 bits per heavy atom. The number of allylic oxidation sites excluding steroid dienone is 1. The molecule has 0 unspecified atom stereocenters. The molecule has 1 heterocycles. The fraction of sp³-hybridized carbons (Fsp3) is 0.720. The second-order valence-corrected chi connectivity index (χ2v) is 10.3. The molecule has 0 fully saturated rings. The Balaban J connectivity index is 2.54. The van der Waals surface area contributed by atoms with Gasteiger partial charge in [-0.1, -0.05) is 99.0 Å². The van der Waals surface area contributed by atoms with Crippen molar-refractivity contribution in [2.45, 2.75) is 104 Å². The summed E-state index contributed by atoms with van der Waals surface area (Å²) < 4.78 is 0. The van der Waals surface area contributed by atoms with Crippen molar-refractivity contribution in [2.24, 2.45) is 0 Å². The zero-order valence-corrected chi connectivity index (χ0v) is 19.3. The molecule has 0 aliphatic carbocycles. The topological polar surface area (TPSA) is 12.9 Å². The fourth-order valence-electron chi connectivity index (χ4n) is 3.61. The van der Waals surface area contributed by atoms with Gasteiger partial charge in [0.15, 0.2) is 0 Å². The van der Waals surface area contributed by atoms with Gasteiger partial charge in [0.05, 0.1) is 5.69 Å². The highest BCUT2D eigenvalue weighted by atomic mass is 31.1. The van der Waals surface area contributed by atoms with Crippen molar-refractivity contribution in [3.8, 4) is 0 Å². The van der Waals surface area contributed by atoms with Crippen LogP contribution in [0.1, 0.15) is 110 Å². The lowest BCUT2D eigenvalue weighted by Gasteiger charge is -2.21. The smallest absolute Gasteiger partial charge is 0.0632 e. The summed E-state index contributed by atoms with van der Waals surface area (Å²) in [6, 6.07) is 6.27. The molecule has 2 heteroatoms. The number of hydrogen-bond donors (Lipinski definition) is 0. The Morgan fingerprint density at radius 2 is 1.33 bits per heavy atom. The highest BCUT2D eigenvalue weighted by Gasteiger charge is 2.12. The number of hydrogen-bond acceptors (Lipinski definition) is 1. The van der Waals surface area contributed by atoms with Crippen LogP contribution in [-0.4, -0.2) is 17.3 Å². The normalized spacial score (nSPS) is 12.1. The minimum Gasteiger partial charge on any atom is -0.257 e. The second-order valence-electron chi connectivity index (χ2n) is 7.77. The highest BCUT2D eigenvalue weighted by molar-refractivity contribution is 7.62. The second kappa shape index (κ2) is 17.4. The zero-order valence-electron chi connectivity index (χ0n) is 18.4. The average Bonchev–Trinajstić information content (AvgIpc) is 2.70. The van der Waals surface area contributed by atoms with Gasteiger partial charge in [-0.25, -0.2) is 0 Å². The highest BCUT2D eigenvalue weighted by Crippen LogP contribution is 2.48. The van der Waals surface area contributed by atoms with E-state index < -0.39 is 0 Å². The Labute approximate surface area is 171 Å². The molecule has 1 rings (SSSR count). The molecule has 0 atom stereocenters. The first-order valence-corrected chi connectivity index (χ1v) is 13.4. The first kappa shape index (κ1) is 24.4. The van der Waals surface area contributed by atoms with Crippen LogP contribution >= 0.6 is 7.92 Å². The molecule has 1 nitrogen and oxygen atoms in total. The summed E-state index contributed by atoms with van der Waals surface area (Å²) in [5.41, 5.74) is 1.15. The van der Waals surface area contributed by atoms with E-state index in [1.165, 1.54) is 95.8 Å². The van der Waals surface area contributed by atoms with Gasteiger partial charge < -0.3 is 0 Å². The molecule has 0 N–H and O–H groups in total. The van der Waals surface area contributed by atoms with Gasteiger partial charge in [-0.3, -0.25) is 4.98 Å². The summed E-state index contributed by atoms with van der Waals surface area (Å²) in [5, 5.41) is 1.69. The average molecular weight is 390 g/mol. The third kappa shape index (κ3) is 12.4. The van der Waals surface area contributed by atoms with Gasteiger partial charge in [-0.15, -0.1) is 0 Å². The van der Waals surface area contributed by atoms with Crippen molar-refractivity contribution < 1.29 is 0 Å². The number of rotatable bonds is 17. The van der Waals surface area contributed by atoms with Crippen molar-refractivity contribution in [3.05, 3.63) is 35.4 Å². The zero-order chi connectivity index (χ0) is 19.6. The summed E-state index contributed by atoms with van der Waals surface area (Å²) in [7, 11) is 0.0243. The molecular weight excluding hydrogens is 345 g/mol. The van der Waals surface area contributed by atoms with E-state index in [4.69, 9.17) is 0 Å². The van der Waals surface area contributed by atoms with E-state index in [2.05, 4.69) is 44.0 Å². The molecule has 0 saturated carbocycles. The maximum atomic E-state index is 4.54. The third-order valence-corrected chi connectivity index (χ3v) is 8.30. The lowest BCUT2D eigenvalue weighted by Crippen LogP contribution is -1.96. The molecule has 27 heavy (non-hydrogen) atoms. The summed E-state index contributed by atoms with van der Waals surface area (Å²) in [4.78, 5) is 4.54. The summed E-state index contributed by atoms with van der Waals surface area (Å²) in [6.45, 7) is 6.94. The fourth-order valence-corrected chi connectivity index (χ4v) is 6.38.